The van der Waals surface area contributed by atoms with Crippen LogP contribution in [0.3, 0.4) is 0 Å². The number of benzene rings is 1. The summed E-state index contributed by atoms with van der Waals surface area (Å²) in [6.07, 6.45) is 6.60. The van der Waals surface area contributed by atoms with E-state index in [4.69, 9.17) is 23.2 Å². The first kappa shape index (κ1) is 17.7. The van der Waals surface area contributed by atoms with Gasteiger partial charge >= 0.3 is 0 Å². The number of aromatic nitrogens is 1. The maximum absolute atomic E-state index is 12.7. The van der Waals surface area contributed by atoms with Gasteiger partial charge in [-0.2, -0.15) is 0 Å². The molecule has 2 heterocycles. The standard InChI is InChI=1S/C18H13Cl2N3OS/c1-2-9-23-17(24)16(10-12-3-5-13(19)6-4-12)25-18(23)22-15-7-8-21-11-14(15)20/h2-8,10-11H,1,9H2/b16-10-,22-18?. The van der Waals surface area contributed by atoms with Crippen LogP contribution in [-0.2, 0) is 4.79 Å². The molecule has 1 amide bonds. The molecule has 126 valence electrons. The van der Waals surface area contributed by atoms with Gasteiger partial charge in [0.1, 0.15) is 0 Å². The quantitative estimate of drug-likeness (QED) is 0.534. The van der Waals surface area contributed by atoms with Crippen molar-refractivity contribution in [3.8, 4) is 0 Å². The highest BCUT2D eigenvalue weighted by Crippen LogP contribution is 2.35. The third-order valence-corrected chi connectivity index (χ3v) is 4.88. The second-order valence-corrected chi connectivity index (χ2v) is 6.94. The van der Waals surface area contributed by atoms with Crippen molar-refractivity contribution in [1.29, 1.82) is 0 Å². The largest absolute Gasteiger partial charge is 0.283 e. The molecular formula is C18H13Cl2N3OS. The fraction of sp³-hybridized carbons (Fsp3) is 0.0556. The third-order valence-electron chi connectivity index (χ3n) is 3.33. The number of thioether (sulfide) groups is 1. The van der Waals surface area contributed by atoms with Crippen LogP contribution in [0.25, 0.3) is 6.08 Å². The number of halogens is 2. The van der Waals surface area contributed by atoms with Crippen LogP contribution >= 0.6 is 35.0 Å². The predicted octanol–water partition coefficient (Wildman–Crippen LogP) is 5.18. The van der Waals surface area contributed by atoms with Gasteiger partial charge in [-0.3, -0.25) is 14.7 Å². The Hall–Kier alpha value is -2.08. The monoisotopic (exact) mass is 389 g/mol. The summed E-state index contributed by atoms with van der Waals surface area (Å²) in [5.74, 6) is -0.122. The number of carbonyl (C=O) groups is 1. The van der Waals surface area contributed by atoms with Gasteiger partial charge in [0.2, 0.25) is 0 Å². The van der Waals surface area contributed by atoms with Crippen molar-refractivity contribution in [3.63, 3.8) is 0 Å². The molecule has 1 fully saturated rings. The molecule has 0 saturated carbocycles. The lowest BCUT2D eigenvalue weighted by molar-refractivity contribution is -0.121. The molecule has 0 spiro atoms. The van der Waals surface area contributed by atoms with Gasteiger partial charge in [0.05, 0.1) is 15.6 Å². The number of pyridine rings is 1. The Morgan fingerprint density at radius 2 is 2.00 bits per heavy atom. The summed E-state index contributed by atoms with van der Waals surface area (Å²) < 4.78 is 0. The molecule has 2 aromatic rings. The summed E-state index contributed by atoms with van der Waals surface area (Å²) >= 11 is 13.3. The van der Waals surface area contributed by atoms with Crippen LogP contribution in [0.4, 0.5) is 5.69 Å². The van der Waals surface area contributed by atoms with Crippen molar-refractivity contribution in [2.75, 3.05) is 6.54 Å². The van der Waals surface area contributed by atoms with Gasteiger partial charge < -0.3 is 0 Å². The average Bonchev–Trinajstić information content (AvgIpc) is 2.88. The molecule has 1 aliphatic rings. The van der Waals surface area contributed by atoms with E-state index < -0.39 is 0 Å². The molecule has 0 aliphatic carbocycles. The SMILES string of the molecule is C=CCN1C(=O)/C(=C/c2ccc(Cl)cc2)SC1=Nc1ccncc1Cl. The molecule has 4 nitrogen and oxygen atoms in total. The van der Waals surface area contributed by atoms with E-state index in [-0.39, 0.29) is 5.91 Å². The molecule has 1 aromatic heterocycles. The van der Waals surface area contributed by atoms with E-state index in [1.165, 1.54) is 18.0 Å². The first-order valence-corrected chi connectivity index (χ1v) is 8.92. The van der Waals surface area contributed by atoms with Crippen LogP contribution in [0.15, 0.2) is 65.3 Å². The summed E-state index contributed by atoms with van der Waals surface area (Å²) in [5, 5.41) is 1.63. The van der Waals surface area contributed by atoms with Crippen molar-refractivity contribution in [2.24, 2.45) is 4.99 Å². The van der Waals surface area contributed by atoms with Gasteiger partial charge in [-0.25, -0.2) is 4.99 Å². The van der Waals surface area contributed by atoms with Crippen LogP contribution in [0.2, 0.25) is 10.0 Å². The zero-order valence-electron chi connectivity index (χ0n) is 13.0. The lowest BCUT2D eigenvalue weighted by Crippen LogP contribution is -2.29. The molecule has 0 N–H and O–H groups in total. The van der Waals surface area contributed by atoms with E-state index >= 15 is 0 Å². The Balaban J connectivity index is 1.96. The van der Waals surface area contributed by atoms with Crippen molar-refractivity contribution in [1.82, 2.24) is 9.88 Å². The molecule has 25 heavy (non-hydrogen) atoms. The first-order chi connectivity index (χ1) is 12.1. The van der Waals surface area contributed by atoms with Gasteiger partial charge in [-0.15, -0.1) is 6.58 Å². The molecule has 7 heteroatoms. The topological polar surface area (TPSA) is 45.6 Å². The smallest absolute Gasteiger partial charge is 0.267 e. The molecule has 0 bridgehead atoms. The molecule has 0 unspecified atom stereocenters. The predicted molar refractivity (Wildman–Crippen MR) is 105 cm³/mol. The van der Waals surface area contributed by atoms with Crippen LogP contribution in [0.5, 0.6) is 0 Å². The minimum absolute atomic E-state index is 0.122. The number of carbonyl (C=O) groups excluding carboxylic acids is 1. The van der Waals surface area contributed by atoms with Crippen LogP contribution < -0.4 is 0 Å². The van der Waals surface area contributed by atoms with E-state index in [1.54, 1.807) is 35.4 Å². The van der Waals surface area contributed by atoms with Crippen LogP contribution in [-0.4, -0.2) is 27.5 Å². The summed E-state index contributed by atoms with van der Waals surface area (Å²) in [5.41, 5.74) is 1.45. The van der Waals surface area contributed by atoms with E-state index in [9.17, 15) is 4.79 Å². The van der Waals surface area contributed by atoms with E-state index in [0.717, 1.165) is 5.56 Å². The molecular weight excluding hydrogens is 377 g/mol. The van der Waals surface area contributed by atoms with Crippen LogP contribution in [0, 0.1) is 0 Å². The maximum atomic E-state index is 12.7. The highest BCUT2D eigenvalue weighted by Gasteiger charge is 2.32. The summed E-state index contributed by atoms with van der Waals surface area (Å²) in [4.78, 5) is 23.3. The Labute approximate surface area is 159 Å². The Morgan fingerprint density at radius 3 is 2.68 bits per heavy atom. The van der Waals surface area contributed by atoms with Crippen molar-refractivity contribution in [3.05, 3.63) is 75.9 Å². The van der Waals surface area contributed by atoms with Gasteiger partial charge in [-0.05, 0) is 41.6 Å². The molecule has 1 saturated heterocycles. The third kappa shape index (κ3) is 4.12. The van der Waals surface area contributed by atoms with Gasteiger partial charge in [0.15, 0.2) is 5.17 Å². The number of nitrogens with zero attached hydrogens (tertiary/aromatic N) is 3. The molecule has 1 aromatic carbocycles. The molecule has 0 radical (unpaired) electrons. The number of hydrogen-bond acceptors (Lipinski definition) is 4. The minimum atomic E-state index is -0.122. The minimum Gasteiger partial charge on any atom is -0.283 e. The highest BCUT2D eigenvalue weighted by atomic mass is 35.5. The molecule has 1 aliphatic heterocycles. The number of amidine groups is 1. The van der Waals surface area contributed by atoms with Crippen molar-refractivity contribution < 1.29 is 4.79 Å². The zero-order chi connectivity index (χ0) is 17.8. The Bertz CT molecular complexity index is 878. The maximum Gasteiger partial charge on any atom is 0.267 e. The first-order valence-electron chi connectivity index (χ1n) is 7.34. The normalized spacial score (nSPS) is 17.5. The van der Waals surface area contributed by atoms with Crippen LogP contribution in [0.1, 0.15) is 5.56 Å². The number of rotatable bonds is 4. The van der Waals surface area contributed by atoms with Crippen molar-refractivity contribution >= 4 is 57.8 Å². The van der Waals surface area contributed by atoms with Gasteiger partial charge in [0.25, 0.3) is 5.91 Å². The summed E-state index contributed by atoms with van der Waals surface area (Å²) in [7, 11) is 0. The summed E-state index contributed by atoms with van der Waals surface area (Å²) in [6.45, 7) is 4.07. The Kier molecular flexibility index (Phi) is 5.58. The number of hydrogen-bond donors (Lipinski definition) is 0. The number of aliphatic imine (C=N–C) groups is 1. The highest BCUT2D eigenvalue weighted by molar-refractivity contribution is 8.18. The van der Waals surface area contributed by atoms with E-state index in [1.807, 2.05) is 18.2 Å². The van der Waals surface area contributed by atoms with Gasteiger partial charge in [-0.1, -0.05) is 41.4 Å². The second-order valence-electron chi connectivity index (χ2n) is 5.09. The lowest BCUT2D eigenvalue weighted by atomic mass is 10.2. The number of amides is 1. The van der Waals surface area contributed by atoms with E-state index in [0.29, 0.717) is 32.4 Å². The zero-order valence-corrected chi connectivity index (χ0v) is 15.4. The van der Waals surface area contributed by atoms with Gasteiger partial charge in [0, 0.05) is 24.0 Å². The average molecular weight is 390 g/mol. The second kappa shape index (κ2) is 7.87. The molecule has 3 rings (SSSR count). The fourth-order valence-electron chi connectivity index (χ4n) is 2.15. The lowest BCUT2D eigenvalue weighted by Gasteiger charge is -2.12. The summed E-state index contributed by atoms with van der Waals surface area (Å²) in [6, 6.07) is 8.98. The molecule has 0 atom stereocenters. The van der Waals surface area contributed by atoms with E-state index in [2.05, 4.69) is 16.6 Å². The van der Waals surface area contributed by atoms with Crippen molar-refractivity contribution in [2.45, 2.75) is 0 Å². The Morgan fingerprint density at radius 1 is 1.24 bits per heavy atom. The fourth-order valence-corrected chi connectivity index (χ4v) is 3.44.